The van der Waals surface area contributed by atoms with Crippen molar-refractivity contribution in [3.63, 3.8) is 0 Å². The normalized spacial score (nSPS) is 13.4. The number of benzene rings is 1. The molecule has 1 rings (SSSR count). The van der Waals surface area contributed by atoms with Crippen LogP contribution in [0.3, 0.4) is 0 Å². The predicted molar refractivity (Wildman–Crippen MR) is 71.9 cm³/mol. The lowest BCUT2D eigenvalue weighted by Gasteiger charge is -2.26. The fraction of sp³-hybridized carbons (Fsp3) is 0.600. The van der Waals surface area contributed by atoms with Gasteiger partial charge in [0.25, 0.3) is 0 Å². The fourth-order valence-corrected chi connectivity index (χ4v) is 2.09. The molecular formula is C15H25N. The van der Waals surface area contributed by atoms with Gasteiger partial charge in [-0.05, 0) is 44.8 Å². The molecule has 0 aliphatic rings. The van der Waals surface area contributed by atoms with Crippen molar-refractivity contribution in [2.45, 2.75) is 46.1 Å². The van der Waals surface area contributed by atoms with Crippen LogP contribution < -0.4 is 0 Å². The van der Waals surface area contributed by atoms with Crippen molar-refractivity contribution in [3.05, 3.63) is 35.9 Å². The van der Waals surface area contributed by atoms with Gasteiger partial charge < -0.3 is 4.90 Å². The van der Waals surface area contributed by atoms with E-state index >= 15 is 0 Å². The Morgan fingerprint density at radius 3 is 2.19 bits per heavy atom. The summed E-state index contributed by atoms with van der Waals surface area (Å²) in [6.07, 6.45) is 1.25. The van der Waals surface area contributed by atoms with Gasteiger partial charge in [0.15, 0.2) is 0 Å². The first-order chi connectivity index (χ1) is 7.65. The molecule has 0 saturated heterocycles. The van der Waals surface area contributed by atoms with E-state index in [0.29, 0.717) is 12.0 Å². The summed E-state index contributed by atoms with van der Waals surface area (Å²) in [5.74, 6) is 0.661. The molecule has 0 radical (unpaired) electrons. The molecule has 0 amide bonds. The zero-order chi connectivity index (χ0) is 12.0. The van der Waals surface area contributed by atoms with Gasteiger partial charge in [0, 0.05) is 6.04 Å². The van der Waals surface area contributed by atoms with Gasteiger partial charge in [0.2, 0.25) is 0 Å². The van der Waals surface area contributed by atoms with Gasteiger partial charge in [-0.1, -0.05) is 44.2 Å². The van der Waals surface area contributed by atoms with E-state index in [1.165, 1.54) is 18.5 Å². The largest absolute Gasteiger partial charge is 0.301 e. The number of hydrogen-bond acceptors (Lipinski definition) is 1. The Labute approximate surface area is 100 Å². The van der Waals surface area contributed by atoms with Gasteiger partial charge in [-0.3, -0.25) is 0 Å². The van der Waals surface area contributed by atoms with Crippen molar-refractivity contribution in [3.8, 4) is 0 Å². The minimum absolute atomic E-state index is 0.660. The van der Waals surface area contributed by atoms with E-state index in [9.17, 15) is 0 Å². The lowest BCUT2D eigenvalue weighted by Crippen LogP contribution is -2.32. The minimum Gasteiger partial charge on any atom is -0.301 e. The highest BCUT2D eigenvalue weighted by molar-refractivity contribution is 5.18. The second-order valence-electron chi connectivity index (χ2n) is 4.82. The maximum absolute atomic E-state index is 2.53. The number of nitrogens with zero attached hydrogens (tertiary/aromatic N) is 1. The van der Waals surface area contributed by atoms with Crippen LogP contribution in [-0.2, 0) is 0 Å². The molecule has 0 aliphatic carbocycles. The molecular weight excluding hydrogens is 194 g/mol. The molecule has 16 heavy (non-hydrogen) atoms. The van der Waals surface area contributed by atoms with Gasteiger partial charge in [0.05, 0.1) is 0 Å². The molecule has 0 bridgehead atoms. The molecule has 1 nitrogen and oxygen atoms in total. The SMILES string of the molecule is CCN(CCC(C)c1ccccc1)C(C)C. The van der Waals surface area contributed by atoms with Gasteiger partial charge in [-0.15, -0.1) is 0 Å². The smallest absolute Gasteiger partial charge is 0.00384 e. The third-order valence-corrected chi connectivity index (χ3v) is 3.35. The second kappa shape index (κ2) is 6.70. The summed E-state index contributed by atoms with van der Waals surface area (Å²) in [5, 5.41) is 0. The highest BCUT2D eigenvalue weighted by Gasteiger charge is 2.10. The lowest BCUT2D eigenvalue weighted by atomic mass is 9.97. The standard InChI is InChI=1S/C15H25N/c1-5-16(13(2)3)12-11-14(4)15-9-7-6-8-10-15/h6-10,13-14H,5,11-12H2,1-4H3. The average molecular weight is 219 g/mol. The molecule has 0 saturated carbocycles. The minimum atomic E-state index is 0.660. The molecule has 1 atom stereocenters. The van der Waals surface area contributed by atoms with Crippen LogP contribution in [-0.4, -0.2) is 24.0 Å². The zero-order valence-corrected chi connectivity index (χ0v) is 11.1. The Balaban J connectivity index is 2.43. The molecule has 0 fully saturated rings. The lowest BCUT2D eigenvalue weighted by molar-refractivity contribution is 0.226. The topological polar surface area (TPSA) is 3.24 Å². The summed E-state index contributed by atoms with van der Waals surface area (Å²) in [7, 11) is 0. The van der Waals surface area contributed by atoms with E-state index in [0.717, 1.165) is 6.54 Å². The first kappa shape index (κ1) is 13.2. The number of hydrogen-bond donors (Lipinski definition) is 0. The predicted octanol–water partition coefficient (Wildman–Crippen LogP) is 3.91. The maximum Gasteiger partial charge on any atom is 0.00384 e. The number of rotatable bonds is 6. The molecule has 1 unspecified atom stereocenters. The van der Waals surface area contributed by atoms with E-state index < -0.39 is 0 Å². The van der Waals surface area contributed by atoms with Crippen LogP contribution in [0.15, 0.2) is 30.3 Å². The monoisotopic (exact) mass is 219 g/mol. The van der Waals surface area contributed by atoms with Crippen molar-refractivity contribution in [2.24, 2.45) is 0 Å². The highest BCUT2D eigenvalue weighted by atomic mass is 15.1. The molecule has 0 aliphatic heterocycles. The molecule has 0 heterocycles. The third-order valence-electron chi connectivity index (χ3n) is 3.35. The molecule has 1 heteroatoms. The average Bonchev–Trinajstić information content (AvgIpc) is 2.30. The Hall–Kier alpha value is -0.820. The molecule has 90 valence electrons. The Morgan fingerprint density at radius 2 is 1.69 bits per heavy atom. The zero-order valence-electron chi connectivity index (χ0n) is 11.1. The van der Waals surface area contributed by atoms with E-state index in [4.69, 9.17) is 0 Å². The molecule has 0 N–H and O–H groups in total. The third kappa shape index (κ3) is 3.97. The first-order valence-electron chi connectivity index (χ1n) is 6.44. The van der Waals surface area contributed by atoms with Crippen molar-refractivity contribution in [2.75, 3.05) is 13.1 Å². The quantitative estimate of drug-likeness (QED) is 0.701. The highest BCUT2D eigenvalue weighted by Crippen LogP contribution is 2.19. The van der Waals surface area contributed by atoms with Crippen LogP contribution >= 0.6 is 0 Å². The Bertz CT molecular complexity index is 279. The van der Waals surface area contributed by atoms with Gasteiger partial charge >= 0.3 is 0 Å². The summed E-state index contributed by atoms with van der Waals surface area (Å²) >= 11 is 0. The van der Waals surface area contributed by atoms with Crippen LogP contribution in [0.2, 0.25) is 0 Å². The van der Waals surface area contributed by atoms with Gasteiger partial charge in [-0.2, -0.15) is 0 Å². The summed E-state index contributed by atoms with van der Waals surface area (Å²) < 4.78 is 0. The van der Waals surface area contributed by atoms with E-state index in [1.54, 1.807) is 0 Å². The fourth-order valence-electron chi connectivity index (χ4n) is 2.09. The summed E-state index contributed by atoms with van der Waals surface area (Å²) in [4.78, 5) is 2.53. The van der Waals surface area contributed by atoms with Crippen molar-refractivity contribution in [1.29, 1.82) is 0 Å². The molecule has 0 spiro atoms. The van der Waals surface area contributed by atoms with Crippen LogP contribution in [0.4, 0.5) is 0 Å². The van der Waals surface area contributed by atoms with Crippen molar-refractivity contribution < 1.29 is 0 Å². The van der Waals surface area contributed by atoms with E-state index in [-0.39, 0.29) is 0 Å². The van der Waals surface area contributed by atoms with Gasteiger partial charge in [0.1, 0.15) is 0 Å². The first-order valence-corrected chi connectivity index (χ1v) is 6.44. The van der Waals surface area contributed by atoms with Crippen LogP contribution in [0.1, 0.15) is 45.6 Å². The van der Waals surface area contributed by atoms with Crippen LogP contribution in [0.25, 0.3) is 0 Å². The van der Waals surface area contributed by atoms with Crippen molar-refractivity contribution in [1.82, 2.24) is 4.90 Å². The van der Waals surface area contributed by atoms with Crippen LogP contribution in [0, 0.1) is 0 Å². The molecule has 1 aromatic carbocycles. The van der Waals surface area contributed by atoms with Gasteiger partial charge in [-0.25, -0.2) is 0 Å². The van der Waals surface area contributed by atoms with E-state index in [2.05, 4.69) is 62.9 Å². The van der Waals surface area contributed by atoms with E-state index in [1.807, 2.05) is 0 Å². The summed E-state index contributed by atoms with van der Waals surface area (Å²) in [5.41, 5.74) is 1.46. The second-order valence-corrected chi connectivity index (χ2v) is 4.82. The molecule has 1 aromatic rings. The Morgan fingerprint density at radius 1 is 1.06 bits per heavy atom. The van der Waals surface area contributed by atoms with Crippen LogP contribution in [0.5, 0.6) is 0 Å². The molecule has 0 aromatic heterocycles. The summed E-state index contributed by atoms with van der Waals surface area (Å²) in [6, 6.07) is 11.5. The van der Waals surface area contributed by atoms with Crippen molar-refractivity contribution >= 4 is 0 Å². The Kier molecular flexibility index (Phi) is 5.54. The summed E-state index contributed by atoms with van der Waals surface area (Å²) in [6.45, 7) is 11.5. The maximum atomic E-state index is 2.53.